The number of fused-ring (bicyclic) bond motifs is 5. The minimum Gasteiger partial charge on any atom is -0.351 e. The highest BCUT2D eigenvalue weighted by atomic mass is 35.5. The lowest BCUT2D eigenvalue weighted by molar-refractivity contribution is 0.0951. The zero-order chi connectivity index (χ0) is 19.1. The number of halogens is 2. The van der Waals surface area contributed by atoms with Crippen molar-refractivity contribution in [3.05, 3.63) is 70.0 Å². The van der Waals surface area contributed by atoms with E-state index in [1.54, 1.807) is 6.07 Å². The predicted octanol–water partition coefficient (Wildman–Crippen LogP) is 2.02. The maximum absolute atomic E-state index is 12.9. The molecule has 2 aliphatic rings. The zero-order valence-electron chi connectivity index (χ0n) is 16.4. The van der Waals surface area contributed by atoms with Crippen LogP contribution in [0.25, 0.3) is 5.65 Å². The monoisotopic (exact) mass is 449 g/mol. The fourth-order valence-corrected chi connectivity index (χ4v) is 4.47. The van der Waals surface area contributed by atoms with Crippen molar-refractivity contribution >= 4 is 36.4 Å². The Labute approximate surface area is 186 Å². The second-order valence-electron chi connectivity index (χ2n) is 7.75. The maximum atomic E-state index is 12.9. The molecule has 2 aliphatic heterocycles. The van der Waals surface area contributed by atoms with E-state index in [1.807, 2.05) is 45.6 Å². The van der Waals surface area contributed by atoms with Crippen LogP contribution in [0.2, 0.25) is 0 Å². The van der Waals surface area contributed by atoms with Crippen LogP contribution in [0.5, 0.6) is 0 Å². The molecule has 0 saturated carbocycles. The van der Waals surface area contributed by atoms with Gasteiger partial charge in [-0.3, -0.25) is 9.59 Å². The second-order valence-corrected chi connectivity index (χ2v) is 7.75. The molecule has 1 saturated heterocycles. The minimum atomic E-state index is -0.307. The largest absolute Gasteiger partial charge is 0.351 e. The number of nitrogens with one attached hydrogen (secondary N) is 2. The first kappa shape index (κ1) is 22.3. The predicted molar refractivity (Wildman–Crippen MR) is 120 cm³/mol. The van der Waals surface area contributed by atoms with Gasteiger partial charge in [-0.25, -0.2) is 4.98 Å². The summed E-state index contributed by atoms with van der Waals surface area (Å²) >= 11 is 0. The van der Waals surface area contributed by atoms with Gasteiger partial charge >= 0.3 is 0 Å². The van der Waals surface area contributed by atoms with Gasteiger partial charge in [0.1, 0.15) is 11.2 Å². The number of rotatable bonds is 4. The third-order valence-corrected chi connectivity index (χ3v) is 5.83. The molecule has 0 aliphatic carbocycles. The van der Waals surface area contributed by atoms with E-state index in [4.69, 9.17) is 0 Å². The average molecular weight is 450 g/mol. The molecule has 0 radical (unpaired) electrons. The van der Waals surface area contributed by atoms with Gasteiger partial charge in [-0.15, -0.1) is 24.8 Å². The number of nitrogens with zero attached hydrogens (tertiary/aromatic N) is 3. The number of hydrogen-bond donors (Lipinski definition) is 2. The van der Waals surface area contributed by atoms with E-state index >= 15 is 0 Å². The third kappa shape index (κ3) is 4.10. The summed E-state index contributed by atoms with van der Waals surface area (Å²) in [6, 6.07) is 9.48. The first-order valence-corrected chi connectivity index (χ1v) is 9.84. The molecule has 0 aromatic carbocycles. The van der Waals surface area contributed by atoms with Crippen LogP contribution in [0.4, 0.5) is 0 Å². The molecule has 30 heavy (non-hydrogen) atoms. The normalized spacial score (nSPS) is 19.3. The Bertz CT molecular complexity index is 1080. The fourth-order valence-electron chi connectivity index (χ4n) is 4.47. The summed E-state index contributed by atoms with van der Waals surface area (Å²) in [7, 11) is 0. The Balaban J connectivity index is 0.00000128. The molecule has 9 heteroatoms. The Hall–Kier alpha value is -2.35. The highest BCUT2D eigenvalue weighted by Crippen LogP contribution is 2.31. The Morgan fingerprint density at radius 3 is 2.90 bits per heavy atom. The second kappa shape index (κ2) is 9.20. The smallest absolute Gasteiger partial charge is 0.263 e. The van der Waals surface area contributed by atoms with Crippen molar-refractivity contribution in [1.29, 1.82) is 0 Å². The van der Waals surface area contributed by atoms with Gasteiger partial charge in [0.2, 0.25) is 0 Å². The van der Waals surface area contributed by atoms with E-state index in [0.29, 0.717) is 31.3 Å². The number of pyridine rings is 2. The summed E-state index contributed by atoms with van der Waals surface area (Å²) in [4.78, 5) is 30.0. The Morgan fingerprint density at radius 2 is 2.07 bits per heavy atom. The topological polar surface area (TPSA) is 80.4 Å². The molecule has 0 unspecified atom stereocenters. The van der Waals surface area contributed by atoms with E-state index < -0.39 is 0 Å². The van der Waals surface area contributed by atoms with Crippen LogP contribution in [0.3, 0.4) is 0 Å². The first-order chi connectivity index (χ1) is 13.7. The van der Waals surface area contributed by atoms with Gasteiger partial charge in [-0.2, -0.15) is 0 Å². The standard InChI is InChI=1S/C21H23N5O2.2ClH/c27-20(23-7-6-16-13-25-8-2-1-3-19(25)24-16)17-4-5-18-15-9-14(10-22-11-15)12-26(18)21(17)28;;/h1-5,8,13-15,22H,6-7,9-12H2,(H,23,27);2*1H/t14-,15+;;/m0../s1. The number of imidazole rings is 1. The lowest BCUT2D eigenvalue weighted by Gasteiger charge is -2.37. The number of aromatic nitrogens is 3. The molecule has 160 valence electrons. The number of carbonyl (C=O) groups is 1. The molecule has 3 aromatic rings. The molecule has 7 nitrogen and oxygen atoms in total. The molecule has 5 rings (SSSR count). The number of amides is 1. The van der Waals surface area contributed by atoms with Crippen molar-refractivity contribution < 1.29 is 4.79 Å². The molecule has 2 N–H and O–H groups in total. The molecule has 2 bridgehead atoms. The van der Waals surface area contributed by atoms with E-state index in [1.165, 1.54) is 0 Å². The number of hydrogen-bond acceptors (Lipinski definition) is 4. The van der Waals surface area contributed by atoms with Crippen LogP contribution in [-0.2, 0) is 13.0 Å². The van der Waals surface area contributed by atoms with E-state index in [9.17, 15) is 9.59 Å². The Morgan fingerprint density at radius 1 is 1.20 bits per heavy atom. The van der Waals surface area contributed by atoms with Gasteiger partial charge in [0.05, 0.1) is 5.69 Å². The molecule has 0 spiro atoms. The maximum Gasteiger partial charge on any atom is 0.263 e. The molecule has 5 heterocycles. The van der Waals surface area contributed by atoms with Gasteiger partial charge in [-0.1, -0.05) is 6.07 Å². The van der Waals surface area contributed by atoms with Crippen molar-refractivity contribution in [2.45, 2.75) is 25.3 Å². The molecule has 3 aromatic heterocycles. The van der Waals surface area contributed by atoms with Gasteiger partial charge in [0.15, 0.2) is 0 Å². The molecule has 1 amide bonds. The van der Waals surface area contributed by atoms with Crippen LogP contribution < -0.4 is 16.2 Å². The zero-order valence-corrected chi connectivity index (χ0v) is 18.0. The lowest BCUT2D eigenvalue weighted by Crippen LogP contribution is -2.46. The summed E-state index contributed by atoms with van der Waals surface area (Å²) in [5.41, 5.74) is 2.91. The van der Waals surface area contributed by atoms with Crippen molar-refractivity contribution in [1.82, 2.24) is 24.6 Å². The minimum absolute atomic E-state index is 0. The summed E-state index contributed by atoms with van der Waals surface area (Å²) in [6.45, 7) is 2.98. The molecule has 2 atom stereocenters. The Kier molecular flexibility index (Phi) is 6.85. The SMILES string of the molecule is Cl.Cl.O=C(NCCc1cn2ccccc2n1)c1ccc2n(c1=O)C[C@@H]1CNC[C@H]2C1. The summed E-state index contributed by atoms with van der Waals surface area (Å²) < 4.78 is 3.77. The third-order valence-electron chi connectivity index (χ3n) is 5.83. The number of carbonyl (C=O) groups excluding carboxylic acids is 1. The van der Waals surface area contributed by atoms with Crippen LogP contribution in [0.15, 0.2) is 47.5 Å². The van der Waals surface area contributed by atoms with E-state index in [0.717, 1.165) is 36.5 Å². The average Bonchev–Trinajstić information content (AvgIpc) is 3.12. The molecular weight excluding hydrogens is 425 g/mol. The quantitative estimate of drug-likeness (QED) is 0.638. The molecular formula is C21H25Cl2N5O2. The van der Waals surface area contributed by atoms with Gasteiger partial charge < -0.3 is 19.6 Å². The van der Waals surface area contributed by atoms with Crippen LogP contribution in [-0.4, -0.2) is 39.5 Å². The highest BCUT2D eigenvalue weighted by Gasteiger charge is 2.31. The van der Waals surface area contributed by atoms with Crippen molar-refractivity contribution in [2.24, 2.45) is 5.92 Å². The van der Waals surface area contributed by atoms with Crippen LogP contribution in [0, 0.1) is 5.92 Å². The van der Waals surface area contributed by atoms with Crippen molar-refractivity contribution in [3.63, 3.8) is 0 Å². The summed E-state index contributed by atoms with van der Waals surface area (Å²) in [5, 5.41) is 6.31. The first-order valence-electron chi connectivity index (χ1n) is 9.84. The van der Waals surface area contributed by atoms with Crippen molar-refractivity contribution in [2.75, 3.05) is 19.6 Å². The van der Waals surface area contributed by atoms with Crippen LogP contribution >= 0.6 is 24.8 Å². The van der Waals surface area contributed by atoms with Gasteiger partial charge in [0, 0.05) is 50.1 Å². The lowest BCUT2D eigenvalue weighted by atomic mass is 9.84. The number of piperidine rings is 1. The summed E-state index contributed by atoms with van der Waals surface area (Å²) in [5.74, 6) is 0.530. The fraction of sp³-hybridized carbons (Fsp3) is 0.381. The van der Waals surface area contributed by atoms with E-state index in [2.05, 4.69) is 15.6 Å². The van der Waals surface area contributed by atoms with E-state index in [-0.39, 0.29) is 41.8 Å². The van der Waals surface area contributed by atoms with Gasteiger partial charge in [0.25, 0.3) is 11.5 Å². The van der Waals surface area contributed by atoms with Gasteiger partial charge in [-0.05, 0) is 43.1 Å². The van der Waals surface area contributed by atoms with Crippen LogP contribution in [0.1, 0.15) is 34.1 Å². The summed E-state index contributed by atoms with van der Waals surface area (Å²) in [6.07, 6.45) is 5.65. The molecule has 1 fully saturated rings. The highest BCUT2D eigenvalue weighted by molar-refractivity contribution is 5.93. The van der Waals surface area contributed by atoms with Crippen molar-refractivity contribution in [3.8, 4) is 0 Å².